The van der Waals surface area contributed by atoms with Crippen LogP contribution in [0.3, 0.4) is 0 Å². The van der Waals surface area contributed by atoms with Gasteiger partial charge >= 0.3 is 0 Å². The number of pyridine rings is 1. The Morgan fingerprint density at radius 2 is 1.59 bits per heavy atom. The number of hydrogen-bond acceptors (Lipinski definition) is 3. The van der Waals surface area contributed by atoms with E-state index in [-0.39, 0.29) is 5.91 Å². The van der Waals surface area contributed by atoms with E-state index in [1.807, 2.05) is 54.6 Å². The summed E-state index contributed by atoms with van der Waals surface area (Å²) in [6, 6.07) is 16.1. The van der Waals surface area contributed by atoms with Crippen molar-refractivity contribution in [2.24, 2.45) is 5.92 Å². The number of amides is 2. The number of benzene rings is 1. The minimum Gasteiger partial charge on any atom is -0.289 e. The maximum atomic E-state index is 12.4. The van der Waals surface area contributed by atoms with Gasteiger partial charge in [0.15, 0.2) is 12.4 Å². The zero-order chi connectivity index (χ0) is 15.5. The summed E-state index contributed by atoms with van der Waals surface area (Å²) in [5.41, 5.74) is 0.804. The van der Waals surface area contributed by atoms with Crippen LogP contribution in [0.4, 0.5) is 0 Å². The largest absolute Gasteiger partial charge is 0.296 e. The van der Waals surface area contributed by atoms with Crippen molar-refractivity contribution in [3.63, 3.8) is 0 Å². The predicted octanol–water partition coefficient (Wildman–Crippen LogP) is 1.10. The summed E-state index contributed by atoms with van der Waals surface area (Å²) >= 11 is 0. The number of imide groups is 1. The highest BCUT2D eigenvalue weighted by Gasteiger charge is 2.50. The molecule has 1 N–H and O–H groups in total. The van der Waals surface area contributed by atoms with E-state index >= 15 is 0 Å². The molecule has 5 nitrogen and oxygen atoms in total. The number of rotatable bonds is 2. The average molecular weight is 292 g/mol. The molecular weight excluding hydrogens is 278 g/mol. The normalized spacial score (nSPS) is 24.4. The molecule has 1 fully saturated rings. The van der Waals surface area contributed by atoms with Gasteiger partial charge in [-0.15, -0.1) is 0 Å². The fraction of sp³-hybridized carbons (Fsp3) is 0.176. The molecule has 0 spiro atoms. The Morgan fingerprint density at radius 3 is 2.23 bits per heavy atom. The lowest BCUT2D eigenvalue weighted by Crippen LogP contribution is -2.59. The maximum Gasteiger partial charge on any atom is 0.296 e. The van der Waals surface area contributed by atoms with Gasteiger partial charge in [0, 0.05) is 12.1 Å². The van der Waals surface area contributed by atoms with Gasteiger partial charge in [-0.1, -0.05) is 36.4 Å². The molecule has 1 aromatic carbocycles. The third-order valence-electron chi connectivity index (χ3n) is 3.88. The molecule has 5 heteroatoms. The Bertz CT molecular complexity index is 738. The van der Waals surface area contributed by atoms with Crippen LogP contribution in [0.15, 0.2) is 60.9 Å². The van der Waals surface area contributed by atoms with Crippen molar-refractivity contribution in [1.82, 2.24) is 5.32 Å². The van der Waals surface area contributed by atoms with Crippen LogP contribution < -0.4 is 9.88 Å². The van der Waals surface area contributed by atoms with Crippen molar-refractivity contribution >= 4 is 11.8 Å². The summed E-state index contributed by atoms with van der Waals surface area (Å²) in [5.74, 6) is -2.34. The first-order chi connectivity index (χ1) is 10.7. The summed E-state index contributed by atoms with van der Waals surface area (Å²) in [6.45, 7) is 0. The Kier molecular flexibility index (Phi) is 3.67. The van der Waals surface area contributed by atoms with Crippen LogP contribution in [0.25, 0.3) is 0 Å². The summed E-state index contributed by atoms with van der Waals surface area (Å²) < 4.78 is 1.74. The molecule has 1 aliphatic rings. The lowest BCUT2D eigenvalue weighted by molar-refractivity contribution is -0.713. The van der Waals surface area contributed by atoms with Crippen LogP contribution in [0, 0.1) is 17.2 Å². The molecule has 1 aliphatic heterocycles. The van der Waals surface area contributed by atoms with E-state index in [0.29, 0.717) is 0 Å². The topological polar surface area (TPSA) is 73.8 Å². The van der Waals surface area contributed by atoms with Crippen LogP contribution in [-0.2, 0) is 9.59 Å². The molecule has 1 saturated heterocycles. The number of carbonyl (C=O) groups excluding carboxylic acids is 2. The van der Waals surface area contributed by atoms with Crippen molar-refractivity contribution in [2.75, 3.05) is 0 Å². The van der Waals surface area contributed by atoms with Crippen molar-refractivity contribution < 1.29 is 14.2 Å². The zero-order valence-electron chi connectivity index (χ0n) is 11.7. The Hall–Kier alpha value is -3.00. The third kappa shape index (κ3) is 2.35. The van der Waals surface area contributed by atoms with E-state index in [1.54, 1.807) is 17.0 Å². The van der Waals surface area contributed by atoms with Crippen molar-refractivity contribution in [3.8, 4) is 6.07 Å². The molecule has 2 amide bonds. The van der Waals surface area contributed by atoms with Gasteiger partial charge in [0.1, 0.15) is 5.92 Å². The van der Waals surface area contributed by atoms with Gasteiger partial charge in [-0.05, 0) is 5.56 Å². The number of piperidine rings is 1. The number of hydrogen-bond donors (Lipinski definition) is 1. The molecule has 2 heterocycles. The Morgan fingerprint density at radius 1 is 0.955 bits per heavy atom. The number of aromatic nitrogens is 1. The second-order valence-electron chi connectivity index (χ2n) is 5.16. The second kappa shape index (κ2) is 5.78. The molecule has 3 atom stereocenters. The zero-order valence-corrected chi connectivity index (χ0v) is 11.7. The quantitative estimate of drug-likeness (QED) is 0.665. The molecule has 0 aliphatic carbocycles. The van der Waals surface area contributed by atoms with E-state index in [1.165, 1.54) is 0 Å². The summed E-state index contributed by atoms with van der Waals surface area (Å²) in [7, 11) is 0. The van der Waals surface area contributed by atoms with Crippen molar-refractivity contribution in [2.45, 2.75) is 12.0 Å². The minimum atomic E-state index is -0.905. The monoisotopic (exact) mass is 292 g/mol. The SMILES string of the molecule is N#C[C@@H]1C(=O)NC(=O)[C@@H]([n+]2ccccc2)[C@H]1c1ccccc1. The molecule has 22 heavy (non-hydrogen) atoms. The first kappa shape index (κ1) is 14.0. The van der Waals surface area contributed by atoms with E-state index < -0.39 is 23.8 Å². The lowest BCUT2D eigenvalue weighted by atomic mass is 9.77. The molecule has 0 unspecified atom stereocenters. The fourth-order valence-corrected chi connectivity index (χ4v) is 2.89. The standard InChI is InChI=1S/C17H13N3O2/c18-11-13-14(12-7-3-1-4-8-12)15(17(22)19-16(13)21)20-9-5-2-6-10-20/h1-10,13-15H/p+1/t13-,14-,15-/m0/s1. The highest BCUT2D eigenvalue weighted by atomic mass is 16.2. The maximum absolute atomic E-state index is 12.4. The molecular formula is C17H14N3O2+. The van der Waals surface area contributed by atoms with Crippen LogP contribution in [0.1, 0.15) is 17.5 Å². The first-order valence-electron chi connectivity index (χ1n) is 6.97. The summed E-state index contributed by atoms with van der Waals surface area (Å²) in [5, 5.41) is 11.7. The van der Waals surface area contributed by atoms with Crippen LogP contribution >= 0.6 is 0 Å². The van der Waals surface area contributed by atoms with E-state index in [9.17, 15) is 14.9 Å². The smallest absolute Gasteiger partial charge is 0.289 e. The summed E-state index contributed by atoms with van der Waals surface area (Å²) in [4.78, 5) is 24.4. The third-order valence-corrected chi connectivity index (χ3v) is 3.88. The Balaban J connectivity index is 2.14. The van der Waals surface area contributed by atoms with Gasteiger partial charge in [0.2, 0.25) is 11.9 Å². The minimum absolute atomic E-state index is 0.387. The molecule has 2 aromatic rings. The van der Waals surface area contributed by atoms with E-state index in [2.05, 4.69) is 5.32 Å². The van der Waals surface area contributed by atoms with E-state index in [0.717, 1.165) is 5.56 Å². The predicted molar refractivity (Wildman–Crippen MR) is 77.1 cm³/mol. The molecule has 108 valence electrons. The molecule has 3 rings (SSSR count). The number of nitrogens with one attached hydrogen (secondary N) is 1. The van der Waals surface area contributed by atoms with E-state index in [4.69, 9.17) is 0 Å². The van der Waals surface area contributed by atoms with Crippen LogP contribution in [0.5, 0.6) is 0 Å². The highest BCUT2D eigenvalue weighted by Crippen LogP contribution is 2.35. The lowest BCUT2D eigenvalue weighted by Gasteiger charge is -2.29. The number of nitriles is 1. The van der Waals surface area contributed by atoms with Gasteiger partial charge in [-0.25, -0.2) is 0 Å². The molecule has 0 bridgehead atoms. The van der Waals surface area contributed by atoms with Gasteiger partial charge in [0.05, 0.1) is 12.0 Å². The number of carbonyl (C=O) groups is 2. The van der Waals surface area contributed by atoms with Crippen molar-refractivity contribution in [3.05, 3.63) is 66.5 Å². The van der Waals surface area contributed by atoms with Gasteiger partial charge < -0.3 is 0 Å². The number of nitrogens with zero attached hydrogens (tertiary/aromatic N) is 2. The highest BCUT2D eigenvalue weighted by molar-refractivity contribution is 6.02. The average Bonchev–Trinajstić information content (AvgIpc) is 2.56. The summed E-state index contributed by atoms with van der Waals surface area (Å²) in [6.07, 6.45) is 3.54. The van der Waals surface area contributed by atoms with Crippen LogP contribution in [-0.4, -0.2) is 11.8 Å². The van der Waals surface area contributed by atoms with Crippen LogP contribution in [0.2, 0.25) is 0 Å². The molecule has 0 radical (unpaired) electrons. The molecule has 1 aromatic heterocycles. The second-order valence-corrected chi connectivity index (χ2v) is 5.16. The molecule has 0 saturated carbocycles. The first-order valence-corrected chi connectivity index (χ1v) is 6.97. The van der Waals surface area contributed by atoms with Crippen molar-refractivity contribution in [1.29, 1.82) is 5.26 Å². The van der Waals surface area contributed by atoms with Gasteiger partial charge in [-0.2, -0.15) is 9.83 Å². The Labute approximate surface area is 127 Å². The fourth-order valence-electron chi connectivity index (χ4n) is 2.89. The van der Waals surface area contributed by atoms with Gasteiger partial charge in [0.25, 0.3) is 5.91 Å². The van der Waals surface area contributed by atoms with Gasteiger partial charge in [-0.3, -0.25) is 14.9 Å².